The van der Waals surface area contributed by atoms with Gasteiger partial charge in [-0.3, -0.25) is 9.98 Å². The van der Waals surface area contributed by atoms with Crippen LogP contribution < -0.4 is 5.32 Å². The molecule has 1 aromatic heterocycles. The van der Waals surface area contributed by atoms with Crippen LogP contribution in [0.5, 0.6) is 0 Å². The number of hydrogen-bond acceptors (Lipinski definition) is 4. The van der Waals surface area contributed by atoms with Gasteiger partial charge in [0.1, 0.15) is 0 Å². The maximum absolute atomic E-state index is 4.54. The number of rotatable bonds is 4. The van der Waals surface area contributed by atoms with Crippen LogP contribution in [0.3, 0.4) is 0 Å². The molecule has 0 bridgehead atoms. The zero-order valence-electron chi connectivity index (χ0n) is 10.4. The van der Waals surface area contributed by atoms with Crippen LogP contribution in [-0.4, -0.2) is 21.9 Å². The van der Waals surface area contributed by atoms with E-state index in [0.717, 1.165) is 17.4 Å². The molecule has 0 aromatic carbocycles. The minimum absolute atomic E-state index is 0.225. The molecule has 1 N–H and O–H groups in total. The quantitative estimate of drug-likeness (QED) is 0.891. The van der Waals surface area contributed by atoms with Crippen molar-refractivity contribution in [2.75, 3.05) is 6.54 Å². The SMILES string of the molecule is CCCC1CN=C(NC(C)c2ccccn2)S1. The lowest BCUT2D eigenvalue weighted by atomic mass is 10.2. The summed E-state index contributed by atoms with van der Waals surface area (Å²) in [6, 6.07) is 6.23. The summed E-state index contributed by atoms with van der Waals surface area (Å²) in [4.78, 5) is 8.89. The number of pyridine rings is 1. The summed E-state index contributed by atoms with van der Waals surface area (Å²) < 4.78 is 0. The Morgan fingerprint density at radius 2 is 2.41 bits per heavy atom. The van der Waals surface area contributed by atoms with E-state index in [0.29, 0.717) is 5.25 Å². The third kappa shape index (κ3) is 3.46. The highest BCUT2D eigenvalue weighted by atomic mass is 32.2. The third-order valence-electron chi connectivity index (χ3n) is 2.80. The Bertz CT molecular complexity index is 378. The van der Waals surface area contributed by atoms with Gasteiger partial charge in [0.05, 0.1) is 18.3 Å². The number of hydrogen-bond donors (Lipinski definition) is 1. The van der Waals surface area contributed by atoms with E-state index in [2.05, 4.69) is 29.1 Å². The largest absolute Gasteiger partial charge is 0.357 e. The number of nitrogens with one attached hydrogen (secondary N) is 1. The first-order valence-electron chi connectivity index (χ1n) is 6.18. The topological polar surface area (TPSA) is 37.3 Å². The lowest BCUT2D eigenvalue weighted by molar-refractivity contribution is 0.696. The lowest BCUT2D eigenvalue weighted by Crippen LogP contribution is -2.24. The zero-order chi connectivity index (χ0) is 12.1. The van der Waals surface area contributed by atoms with Crippen molar-refractivity contribution in [3.8, 4) is 0 Å². The van der Waals surface area contributed by atoms with Crippen LogP contribution in [-0.2, 0) is 0 Å². The molecule has 0 saturated carbocycles. The number of nitrogens with zero attached hydrogens (tertiary/aromatic N) is 2. The summed E-state index contributed by atoms with van der Waals surface area (Å²) in [7, 11) is 0. The predicted molar refractivity (Wildman–Crippen MR) is 74.4 cm³/mol. The summed E-state index contributed by atoms with van der Waals surface area (Å²) in [5.41, 5.74) is 1.06. The number of amidine groups is 1. The molecule has 0 aliphatic carbocycles. The number of thioether (sulfide) groups is 1. The van der Waals surface area contributed by atoms with E-state index in [9.17, 15) is 0 Å². The van der Waals surface area contributed by atoms with Crippen LogP contribution in [0.2, 0.25) is 0 Å². The molecular weight excluding hydrogens is 230 g/mol. The highest BCUT2D eigenvalue weighted by Gasteiger charge is 2.20. The van der Waals surface area contributed by atoms with Gasteiger partial charge in [-0.15, -0.1) is 0 Å². The van der Waals surface area contributed by atoms with Gasteiger partial charge in [-0.25, -0.2) is 0 Å². The first-order valence-corrected chi connectivity index (χ1v) is 7.06. The van der Waals surface area contributed by atoms with Gasteiger partial charge in [0.15, 0.2) is 5.17 Å². The molecule has 2 heterocycles. The molecule has 4 heteroatoms. The minimum atomic E-state index is 0.225. The molecule has 17 heavy (non-hydrogen) atoms. The Morgan fingerprint density at radius 1 is 1.53 bits per heavy atom. The summed E-state index contributed by atoms with van der Waals surface area (Å²) >= 11 is 1.87. The monoisotopic (exact) mass is 249 g/mol. The fourth-order valence-corrected chi connectivity index (χ4v) is 3.07. The van der Waals surface area contributed by atoms with E-state index < -0.39 is 0 Å². The Hall–Kier alpha value is -1.03. The second-order valence-electron chi connectivity index (χ2n) is 4.30. The average molecular weight is 249 g/mol. The van der Waals surface area contributed by atoms with Crippen molar-refractivity contribution in [1.82, 2.24) is 10.3 Å². The van der Waals surface area contributed by atoms with Crippen LogP contribution in [0.15, 0.2) is 29.4 Å². The van der Waals surface area contributed by atoms with Crippen molar-refractivity contribution in [2.45, 2.75) is 38.0 Å². The molecule has 1 aliphatic heterocycles. The fraction of sp³-hybridized carbons (Fsp3) is 0.538. The summed E-state index contributed by atoms with van der Waals surface area (Å²) in [6.07, 6.45) is 4.31. The first-order chi connectivity index (χ1) is 8.29. The second-order valence-corrected chi connectivity index (χ2v) is 5.58. The van der Waals surface area contributed by atoms with E-state index in [-0.39, 0.29) is 6.04 Å². The van der Waals surface area contributed by atoms with Gasteiger partial charge in [0.25, 0.3) is 0 Å². The van der Waals surface area contributed by atoms with Crippen molar-refractivity contribution >= 4 is 16.9 Å². The molecular formula is C13H19N3S. The molecule has 2 rings (SSSR count). The summed E-state index contributed by atoms with van der Waals surface area (Å²) in [5, 5.41) is 5.17. The van der Waals surface area contributed by atoms with Crippen molar-refractivity contribution in [3.05, 3.63) is 30.1 Å². The number of aliphatic imine (C=N–C) groups is 1. The first kappa shape index (κ1) is 12.4. The third-order valence-corrected chi connectivity index (χ3v) is 3.99. The van der Waals surface area contributed by atoms with Gasteiger partial charge < -0.3 is 5.32 Å². The molecule has 1 aliphatic rings. The Balaban J connectivity index is 1.86. The molecule has 2 atom stereocenters. The molecule has 92 valence electrons. The van der Waals surface area contributed by atoms with Gasteiger partial charge in [0.2, 0.25) is 0 Å². The lowest BCUT2D eigenvalue weighted by Gasteiger charge is -2.14. The smallest absolute Gasteiger partial charge is 0.157 e. The van der Waals surface area contributed by atoms with Gasteiger partial charge in [-0.2, -0.15) is 0 Å². The molecule has 0 spiro atoms. The highest BCUT2D eigenvalue weighted by molar-refractivity contribution is 8.14. The fourth-order valence-electron chi connectivity index (χ4n) is 1.86. The van der Waals surface area contributed by atoms with Crippen molar-refractivity contribution in [1.29, 1.82) is 0 Å². The zero-order valence-corrected chi connectivity index (χ0v) is 11.2. The summed E-state index contributed by atoms with van der Waals surface area (Å²) in [5.74, 6) is 0. The maximum atomic E-state index is 4.54. The van der Waals surface area contributed by atoms with E-state index >= 15 is 0 Å². The van der Waals surface area contributed by atoms with Crippen LogP contribution in [0, 0.1) is 0 Å². The normalized spacial score (nSPS) is 21.1. The average Bonchev–Trinajstić information content (AvgIpc) is 2.78. The molecule has 2 unspecified atom stereocenters. The highest BCUT2D eigenvalue weighted by Crippen LogP contribution is 2.25. The minimum Gasteiger partial charge on any atom is -0.357 e. The summed E-state index contributed by atoms with van der Waals surface area (Å²) in [6.45, 7) is 5.30. The standard InChI is InChI=1S/C13H19N3S/c1-3-6-11-9-15-13(17-11)16-10(2)12-7-4-5-8-14-12/h4-5,7-8,10-11H,3,6,9H2,1-2H3,(H,15,16). The van der Waals surface area contributed by atoms with E-state index in [1.165, 1.54) is 12.8 Å². The molecule has 0 saturated heterocycles. The van der Waals surface area contributed by atoms with E-state index in [1.54, 1.807) is 0 Å². The molecule has 0 radical (unpaired) electrons. The van der Waals surface area contributed by atoms with Gasteiger partial charge >= 0.3 is 0 Å². The Morgan fingerprint density at radius 3 is 3.12 bits per heavy atom. The second kappa shape index (κ2) is 6.05. The van der Waals surface area contributed by atoms with Crippen LogP contribution >= 0.6 is 11.8 Å². The van der Waals surface area contributed by atoms with Gasteiger partial charge in [0, 0.05) is 11.4 Å². The van der Waals surface area contributed by atoms with Gasteiger partial charge in [-0.1, -0.05) is 31.2 Å². The Labute approximate surface area is 107 Å². The van der Waals surface area contributed by atoms with Crippen LogP contribution in [0.25, 0.3) is 0 Å². The van der Waals surface area contributed by atoms with E-state index in [4.69, 9.17) is 0 Å². The van der Waals surface area contributed by atoms with Crippen LogP contribution in [0.1, 0.15) is 38.4 Å². The Kier molecular flexibility index (Phi) is 4.42. The molecule has 0 fully saturated rings. The van der Waals surface area contributed by atoms with Crippen molar-refractivity contribution in [2.24, 2.45) is 4.99 Å². The van der Waals surface area contributed by atoms with Gasteiger partial charge in [-0.05, 0) is 25.5 Å². The van der Waals surface area contributed by atoms with Crippen LogP contribution in [0.4, 0.5) is 0 Å². The number of aromatic nitrogens is 1. The predicted octanol–water partition coefficient (Wildman–Crippen LogP) is 3.00. The van der Waals surface area contributed by atoms with Crippen molar-refractivity contribution in [3.63, 3.8) is 0 Å². The molecule has 3 nitrogen and oxygen atoms in total. The molecule has 0 amide bonds. The maximum Gasteiger partial charge on any atom is 0.157 e. The molecule has 1 aromatic rings. The van der Waals surface area contributed by atoms with Crippen molar-refractivity contribution < 1.29 is 0 Å². The van der Waals surface area contributed by atoms with E-state index in [1.807, 2.05) is 36.2 Å².